The first-order valence-corrected chi connectivity index (χ1v) is 10.2. The van der Waals surface area contributed by atoms with Gasteiger partial charge >= 0.3 is 0 Å². The van der Waals surface area contributed by atoms with Crippen molar-refractivity contribution >= 4 is 22.0 Å². The number of fused-ring (bicyclic) bond motifs is 1. The topological polar surface area (TPSA) is 64.9 Å². The van der Waals surface area contributed by atoms with Crippen molar-refractivity contribution in [3.8, 4) is 5.82 Å². The van der Waals surface area contributed by atoms with E-state index in [1.807, 2.05) is 17.8 Å². The fourth-order valence-corrected chi connectivity index (χ4v) is 4.17. The minimum absolute atomic E-state index is 0.685. The second-order valence-electron chi connectivity index (χ2n) is 7.68. The van der Waals surface area contributed by atoms with E-state index in [9.17, 15) is 0 Å². The maximum atomic E-state index is 5.49. The van der Waals surface area contributed by atoms with Crippen LogP contribution in [-0.4, -0.2) is 46.1 Å². The van der Waals surface area contributed by atoms with Gasteiger partial charge in [0.05, 0.1) is 30.6 Å². The summed E-state index contributed by atoms with van der Waals surface area (Å²) >= 11 is 0. The van der Waals surface area contributed by atoms with Crippen molar-refractivity contribution in [2.24, 2.45) is 0 Å². The highest BCUT2D eigenvalue weighted by atomic mass is 16.5. The number of hydrogen-bond donors (Lipinski definition) is 1. The van der Waals surface area contributed by atoms with Crippen LogP contribution in [0.15, 0.2) is 36.5 Å². The van der Waals surface area contributed by atoms with Gasteiger partial charge in [-0.15, -0.1) is 0 Å². The van der Waals surface area contributed by atoms with Crippen LogP contribution in [0.5, 0.6) is 0 Å². The third-order valence-electron chi connectivity index (χ3n) is 5.66. The van der Waals surface area contributed by atoms with E-state index < -0.39 is 0 Å². The Morgan fingerprint density at radius 1 is 1.03 bits per heavy atom. The molecule has 0 fully saturated rings. The monoisotopic (exact) mass is 387 g/mol. The molecule has 5 rings (SSSR count). The van der Waals surface area contributed by atoms with E-state index in [-0.39, 0.29) is 0 Å². The molecule has 0 saturated carbocycles. The van der Waals surface area contributed by atoms with Gasteiger partial charge in [0.15, 0.2) is 5.82 Å². The summed E-state index contributed by atoms with van der Waals surface area (Å²) in [4.78, 5) is 9.38. The van der Waals surface area contributed by atoms with Gasteiger partial charge in [0.1, 0.15) is 5.82 Å². The molecule has 148 valence electrons. The largest absolute Gasteiger partial charge is 0.377 e. The number of aromatic nitrogens is 4. The van der Waals surface area contributed by atoms with Gasteiger partial charge in [-0.3, -0.25) is 0 Å². The van der Waals surface area contributed by atoms with Crippen LogP contribution in [0, 0.1) is 13.8 Å². The highest BCUT2D eigenvalue weighted by molar-refractivity contribution is 5.86. The average molecular weight is 387 g/mol. The van der Waals surface area contributed by atoms with Crippen LogP contribution < -0.4 is 5.32 Å². The van der Waals surface area contributed by atoms with Gasteiger partial charge < -0.3 is 10.1 Å². The molecule has 0 unspecified atom stereocenters. The summed E-state index contributed by atoms with van der Waals surface area (Å²) in [5.41, 5.74) is 7.23. The maximum Gasteiger partial charge on any atom is 0.158 e. The van der Waals surface area contributed by atoms with Crippen LogP contribution in [0.1, 0.15) is 35.5 Å². The Hall–Kier alpha value is -2.83. The molecule has 2 aromatic heterocycles. The van der Waals surface area contributed by atoms with E-state index in [1.165, 1.54) is 22.3 Å². The quantitative estimate of drug-likeness (QED) is 0.744. The molecule has 0 spiro atoms. The predicted molar refractivity (Wildman–Crippen MR) is 115 cm³/mol. The normalized spacial score (nSPS) is 17.3. The summed E-state index contributed by atoms with van der Waals surface area (Å²) in [5, 5.41) is 9.15. The molecular formula is C23H25N5O. The number of nitrogens with one attached hydrogen (secondary N) is 1. The zero-order chi connectivity index (χ0) is 19.8. The Kier molecular flexibility index (Phi) is 4.73. The first-order chi connectivity index (χ1) is 14.2. The minimum Gasteiger partial charge on any atom is -0.377 e. The Bertz CT molecular complexity index is 1140. The molecule has 0 radical (unpaired) electrons. The van der Waals surface area contributed by atoms with E-state index in [0.717, 1.165) is 60.8 Å². The lowest BCUT2D eigenvalue weighted by molar-refractivity contribution is 0.161. The Morgan fingerprint density at radius 2 is 1.97 bits per heavy atom. The van der Waals surface area contributed by atoms with Crippen molar-refractivity contribution in [2.75, 3.05) is 26.3 Å². The van der Waals surface area contributed by atoms with Crippen molar-refractivity contribution < 1.29 is 4.74 Å². The van der Waals surface area contributed by atoms with Gasteiger partial charge in [-0.05, 0) is 67.6 Å². The molecule has 6 heteroatoms. The summed E-state index contributed by atoms with van der Waals surface area (Å²) < 4.78 is 7.43. The maximum absolute atomic E-state index is 5.49. The number of rotatable bonds is 3. The van der Waals surface area contributed by atoms with Crippen LogP contribution >= 0.6 is 0 Å². The summed E-state index contributed by atoms with van der Waals surface area (Å²) in [6, 6.07) is 6.52. The summed E-state index contributed by atoms with van der Waals surface area (Å²) in [6.07, 6.45) is 8.25. The van der Waals surface area contributed by atoms with E-state index in [4.69, 9.17) is 9.72 Å². The summed E-state index contributed by atoms with van der Waals surface area (Å²) in [5.74, 6) is 1.58. The molecule has 6 nitrogen and oxygen atoms in total. The van der Waals surface area contributed by atoms with Crippen LogP contribution in [0.2, 0.25) is 0 Å². The molecule has 1 N–H and O–H groups in total. The van der Waals surface area contributed by atoms with Gasteiger partial charge in [-0.1, -0.05) is 12.2 Å². The molecule has 0 atom stereocenters. The van der Waals surface area contributed by atoms with Crippen molar-refractivity contribution in [3.05, 3.63) is 59.2 Å². The van der Waals surface area contributed by atoms with Gasteiger partial charge in [-0.25, -0.2) is 14.6 Å². The van der Waals surface area contributed by atoms with Gasteiger partial charge in [0.2, 0.25) is 0 Å². The lowest BCUT2D eigenvalue weighted by Crippen LogP contribution is -2.20. The van der Waals surface area contributed by atoms with E-state index in [1.54, 1.807) is 0 Å². The van der Waals surface area contributed by atoms with Crippen LogP contribution in [0.4, 0.5) is 0 Å². The fraction of sp³-hybridized carbons (Fsp3) is 0.348. The number of benzene rings is 1. The predicted octanol–water partition coefficient (Wildman–Crippen LogP) is 3.61. The third kappa shape index (κ3) is 3.50. The lowest BCUT2D eigenvalue weighted by Gasteiger charge is -2.17. The van der Waals surface area contributed by atoms with Crippen molar-refractivity contribution in [1.82, 2.24) is 25.1 Å². The van der Waals surface area contributed by atoms with Crippen molar-refractivity contribution in [2.45, 2.75) is 26.7 Å². The first kappa shape index (κ1) is 18.2. The molecule has 1 aromatic carbocycles. The van der Waals surface area contributed by atoms with Gasteiger partial charge in [0, 0.05) is 18.0 Å². The standard InChI is InChI=1S/C23H25N5O/c1-15-11-19-14-25-28(22(19)12-20(15)17-5-9-29-10-6-17)23-13-21(26-16(2)27-23)18-3-7-24-8-4-18/h3,5,11-14,24H,4,6-10H2,1-2H3. The highest BCUT2D eigenvalue weighted by Gasteiger charge is 2.16. The van der Waals surface area contributed by atoms with Crippen molar-refractivity contribution in [1.29, 1.82) is 0 Å². The van der Waals surface area contributed by atoms with E-state index >= 15 is 0 Å². The second kappa shape index (κ2) is 7.54. The molecule has 0 amide bonds. The third-order valence-corrected chi connectivity index (χ3v) is 5.66. The van der Waals surface area contributed by atoms with Gasteiger partial charge in [0.25, 0.3) is 0 Å². The average Bonchev–Trinajstić information content (AvgIpc) is 3.16. The molecular weight excluding hydrogens is 362 g/mol. The zero-order valence-corrected chi connectivity index (χ0v) is 16.9. The zero-order valence-electron chi connectivity index (χ0n) is 16.9. The van der Waals surface area contributed by atoms with Crippen LogP contribution in [-0.2, 0) is 4.74 Å². The Balaban J connectivity index is 1.63. The lowest BCUT2D eigenvalue weighted by atomic mass is 9.96. The number of ether oxygens (including phenoxy) is 1. The minimum atomic E-state index is 0.685. The second-order valence-corrected chi connectivity index (χ2v) is 7.68. The Labute approximate surface area is 170 Å². The molecule has 29 heavy (non-hydrogen) atoms. The SMILES string of the molecule is Cc1nc(C2=CCNCC2)cc(-n2ncc3cc(C)c(C4=CCOCC4)cc32)n1. The Morgan fingerprint density at radius 3 is 2.76 bits per heavy atom. The molecule has 0 aliphatic carbocycles. The molecule has 2 aliphatic rings. The molecule has 2 aliphatic heterocycles. The van der Waals surface area contributed by atoms with E-state index in [0.29, 0.717) is 6.61 Å². The number of nitrogens with zero attached hydrogens (tertiary/aromatic N) is 4. The molecule has 3 aromatic rings. The van der Waals surface area contributed by atoms with Gasteiger partial charge in [-0.2, -0.15) is 5.10 Å². The summed E-state index contributed by atoms with van der Waals surface area (Å²) in [7, 11) is 0. The molecule has 4 heterocycles. The van der Waals surface area contributed by atoms with Crippen LogP contribution in [0.25, 0.3) is 27.9 Å². The van der Waals surface area contributed by atoms with E-state index in [2.05, 4.69) is 52.7 Å². The highest BCUT2D eigenvalue weighted by Crippen LogP contribution is 2.30. The fourth-order valence-electron chi connectivity index (χ4n) is 4.17. The molecule has 0 bridgehead atoms. The van der Waals surface area contributed by atoms with Crippen LogP contribution in [0.3, 0.4) is 0 Å². The van der Waals surface area contributed by atoms with Crippen molar-refractivity contribution in [3.63, 3.8) is 0 Å². The first-order valence-electron chi connectivity index (χ1n) is 10.2. The summed E-state index contributed by atoms with van der Waals surface area (Å²) in [6.45, 7) is 7.45. The number of hydrogen-bond acceptors (Lipinski definition) is 5. The molecule has 0 saturated heterocycles. The smallest absolute Gasteiger partial charge is 0.158 e. The number of aryl methyl sites for hydroxylation is 2.